The third-order valence-electron chi connectivity index (χ3n) is 9.70. The first kappa shape index (κ1) is 31.6. The summed E-state index contributed by atoms with van der Waals surface area (Å²) in [5, 5.41) is 6.79. The predicted octanol–water partition coefficient (Wildman–Crippen LogP) is 5.51. The Labute approximate surface area is 257 Å². The van der Waals surface area contributed by atoms with Gasteiger partial charge >= 0.3 is 0 Å². The van der Waals surface area contributed by atoms with Gasteiger partial charge in [-0.2, -0.15) is 0 Å². The molecule has 236 valence electrons. The second-order valence-electron chi connectivity index (χ2n) is 12.8. The van der Waals surface area contributed by atoms with Crippen LogP contribution in [0.2, 0.25) is 0 Å². The average Bonchev–Trinajstić information content (AvgIpc) is 3.63. The molecule has 1 aliphatic carbocycles. The summed E-state index contributed by atoms with van der Waals surface area (Å²) in [5.41, 5.74) is 8.99. The number of hydrazine groups is 2. The van der Waals surface area contributed by atoms with Gasteiger partial charge in [0.05, 0.1) is 12.6 Å². The maximum atomic E-state index is 14.4. The van der Waals surface area contributed by atoms with Crippen LogP contribution in [0.5, 0.6) is 0 Å². The molecule has 44 heavy (non-hydrogen) atoms. The zero-order valence-corrected chi connectivity index (χ0v) is 26.0. The number of hydrogen-bond acceptors (Lipinski definition) is 7. The van der Waals surface area contributed by atoms with Crippen molar-refractivity contribution in [2.24, 2.45) is 21.4 Å². The van der Waals surface area contributed by atoms with Crippen LogP contribution in [0, 0.1) is 23.0 Å². The summed E-state index contributed by atoms with van der Waals surface area (Å²) in [5.74, 6) is -0.990. The Morgan fingerprint density at radius 1 is 1.11 bits per heavy atom. The maximum Gasteiger partial charge on any atom is 0.275 e. The van der Waals surface area contributed by atoms with Crippen LogP contribution in [0.3, 0.4) is 0 Å². The van der Waals surface area contributed by atoms with Crippen LogP contribution in [-0.4, -0.2) is 40.5 Å². The minimum absolute atomic E-state index is 0.113. The standard InChI is InChI=1S/C33H43F2N7O2/c1-5-7-8-27(21-9-11-22(12-10-21)30(43)36-20-28-38-40-41-39-28)42-31(44)29(23-17-25(34)19-26(35)18-23)37-33(42)15-13-24(14-16-33)32(3,4)6-2/h9-12,17-19,24,27,40-41H,5-8,13-16,20H2,1-4H3,(H,36,43)(H,38,39)/t24?,27-,33?/m1/s1. The number of rotatable bonds is 11. The van der Waals surface area contributed by atoms with Gasteiger partial charge in [0, 0.05) is 17.2 Å². The van der Waals surface area contributed by atoms with Gasteiger partial charge in [-0.05, 0) is 73.3 Å². The van der Waals surface area contributed by atoms with Crippen molar-refractivity contribution >= 4 is 23.4 Å². The number of hydrogen-bond donors (Lipinski definition) is 4. The fourth-order valence-corrected chi connectivity index (χ4v) is 6.70. The van der Waals surface area contributed by atoms with E-state index in [0.29, 0.717) is 36.6 Å². The molecule has 2 aromatic carbocycles. The molecule has 1 saturated carbocycles. The number of amidine groups is 1. The number of unbranched alkanes of at least 4 members (excludes halogenated alkanes) is 1. The molecule has 3 aliphatic rings. The number of aliphatic imine (C=N–C) groups is 1. The van der Waals surface area contributed by atoms with Gasteiger partial charge in [-0.1, -0.05) is 59.1 Å². The largest absolute Gasteiger partial charge is 0.345 e. The molecule has 1 fully saturated rings. The van der Waals surface area contributed by atoms with E-state index in [4.69, 9.17) is 4.99 Å². The summed E-state index contributed by atoms with van der Waals surface area (Å²) in [6.07, 6.45) is 6.74. The van der Waals surface area contributed by atoms with Crippen LogP contribution >= 0.6 is 0 Å². The van der Waals surface area contributed by atoms with E-state index in [1.54, 1.807) is 12.1 Å². The fourth-order valence-electron chi connectivity index (χ4n) is 6.70. The second kappa shape index (κ2) is 13.0. The van der Waals surface area contributed by atoms with Crippen molar-refractivity contribution < 1.29 is 18.4 Å². The van der Waals surface area contributed by atoms with Crippen molar-refractivity contribution in [3.05, 3.63) is 70.8 Å². The molecule has 2 aromatic rings. The molecular weight excluding hydrogens is 564 g/mol. The number of nitrogens with one attached hydrogen (secondary N) is 4. The zero-order chi connectivity index (χ0) is 31.5. The lowest BCUT2D eigenvalue weighted by Crippen LogP contribution is -2.51. The van der Waals surface area contributed by atoms with E-state index in [-0.39, 0.29) is 41.1 Å². The van der Waals surface area contributed by atoms with Crippen LogP contribution in [0.25, 0.3) is 0 Å². The SMILES string of the molecule is CCCC[C@H](c1ccc(C(=O)NCC2=NNNN2)cc1)N1C(=O)C(c2cc(F)cc(F)c2)=NC12CCC(C(C)(C)CC)CC2. The first-order valence-electron chi connectivity index (χ1n) is 15.7. The molecule has 2 amide bonds. The molecule has 11 heteroatoms. The summed E-state index contributed by atoms with van der Waals surface area (Å²) in [4.78, 5) is 34.1. The molecule has 4 N–H and O–H groups in total. The van der Waals surface area contributed by atoms with E-state index < -0.39 is 17.3 Å². The third-order valence-corrected chi connectivity index (χ3v) is 9.70. The van der Waals surface area contributed by atoms with Crippen LogP contribution in [-0.2, 0) is 4.79 Å². The van der Waals surface area contributed by atoms with E-state index in [9.17, 15) is 18.4 Å². The van der Waals surface area contributed by atoms with Crippen molar-refractivity contribution in [1.82, 2.24) is 26.7 Å². The summed E-state index contributed by atoms with van der Waals surface area (Å²) in [7, 11) is 0. The van der Waals surface area contributed by atoms with Crippen molar-refractivity contribution in [3.63, 3.8) is 0 Å². The first-order valence-corrected chi connectivity index (χ1v) is 15.7. The van der Waals surface area contributed by atoms with Crippen LogP contribution in [0.1, 0.15) is 107 Å². The number of nitrogens with zero attached hydrogens (tertiary/aromatic N) is 3. The normalized spacial score (nSPS) is 22.4. The molecule has 2 aliphatic heterocycles. The van der Waals surface area contributed by atoms with Crippen molar-refractivity contribution in [3.8, 4) is 0 Å². The van der Waals surface area contributed by atoms with E-state index in [1.165, 1.54) is 12.1 Å². The number of benzene rings is 2. The highest BCUT2D eigenvalue weighted by molar-refractivity contribution is 6.46. The van der Waals surface area contributed by atoms with E-state index in [1.807, 2.05) is 17.0 Å². The molecule has 5 rings (SSSR count). The Morgan fingerprint density at radius 2 is 1.80 bits per heavy atom. The Kier molecular flexibility index (Phi) is 9.34. The molecule has 0 bridgehead atoms. The Balaban J connectivity index is 1.47. The molecule has 1 atom stereocenters. The van der Waals surface area contributed by atoms with Crippen molar-refractivity contribution in [1.29, 1.82) is 0 Å². The Bertz CT molecular complexity index is 1410. The molecular formula is C33H43F2N7O2. The zero-order valence-electron chi connectivity index (χ0n) is 26.0. The smallest absolute Gasteiger partial charge is 0.275 e. The Morgan fingerprint density at radius 3 is 2.39 bits per heavy atom. The van der Waals surface area contributed by atoms with Gasteiger partial charge in [0.1, 0.15) is 23.0 Å². The fraction of sp³-hybridized carbons (Fsp3) is 0.515. The Hall–Kier alpha value is -3.86. The van der Waals surface area contributed by atoms with Gasteiger partial charge in [-0.3, -0.25) is 20.0 Å². The highest BCUT2D eigenvalue weighted by Gasteiger charge is 2.52. The summed E-state index contributed by atoms with van der Waals surface area (Å²) < 4.78 is 28.7. The summed E-state index contributed by atoms with van der Waals surface area (Å²) >= 11 is 0. The predicted molar refractivity (Wildman–Crippen MR) is 166 cm³/mol. The number of hydrazone groups is 1. The summed E-state index contributed by atoms with van der Waals surface area (Å²) in [6, 6.07) is 10.2. The molecule has 0 unspecified atom stereocenters. The number of halogens is 2. The van der Waals surface area contributed by atoms with Gasteiger partial charge in [-0.25, -0.2) is 14.3 Å². The van der Waals surface area contributed by atoms with Crippen molar-refractivity contribution in [2.45, 2.75) is 90.8 Å². The molecule has 0 saturated heterocycles. The van der Waals surface area contributed by atoms with E-state index in [2.05, 4.69) is 54.6 Å². The minimum Gasteiger partial charge on any atom is -0.345 e. The van der Waals surface area contributed by atoms with Crippen LogP contribution < -0.4 is 21.8 Å². The third kappa shape index (κ3) is 6.47. The average molecular weight is 608 g/mol. The van der Waals surface area contributed by atoms with Crippen LogP contribution in [0.15, 0.2) is 52.6 Å². The van der Waals surface area contributed by atoms with Gasteiger partial charge in [-0.15, -0.1) is 10.6 Å². The quantitative estimate of drug-likeness (QED) is 0.270. The second-order valence-corrected chi connectivity index (χ2v) is 12.8. The maximum absolute atomic E-state index is 14.4. The van der Waals surface area contributed by atoms with E-state index in [0.717, 1.165) is 43.7 Å². The summed E-state index contributed by atoms with van der Waals surface area (Å²) in [6.45, 7) is 9.14. The lowest BCUT2D eigenvalue weighted by atomic mass is 9.67. The van der Waals surface area contributed by atoms with Crippen LogP contribution in [0.4, 0.5) is 8.78 Å². The van der Waals surface area contributed by atoms with Crippen molar-refractivity contribution in [2.75, 3.05) is 6.54 Å². The molecule has 1 spiro atoms. The highest BCUT2D eigenvalue weighted by atomic mass is 19.1. The van der Waals surface area contributed by atoms with Gasteiger partial charge in [0.25, 0.3) is 11.8 Å². The molecule has 9 nitrogen and oxygen atoms in total. The number of amides is 2. The van der Waals surface area contributed by atoms with E-state index >= 15 is 0 Å². The molecule has 0 radical (unpaired) electrons. The minimum atomic E-state index is -0.805. The van der Waals surface area contributed by atoms with Gasteiger partial charge in [0.15, 0.2) is 5.84 Å². The molecule has 2 heterocycles. The van der Waals surface area contributed by atoms with Gasteiger partial charge in [0.2, 0.25) is 0 Å². The lowest BCUT2D eigenvalue weighted by molar-refractivity contribution is -0.133. The molecule has 0 aromatic heterocycles. The first-order chi connectivity index (χ1) is 21.1. The number of carbonyl (C=O) groups excluding carboxylic acids is 2. The monoisotopic (exact) mass is 607 g/mol. The lowest BCUT2D eigenvalue weighted by Gasteiger charge is -2.48. The topological polar surface area (TPSA) is 110 Å². The number of carbonyl (C=O) groups is 2. The highest BCUT2D eigenvalue weighted by Crippen LogP contribution is 2.50. The van der Waals surface area contributed by atoms with Gasteiger partial charge < -0.3 is 10.2 Å².